The second-order valence-corrected chi connectivity index (χ2v) is 5.29. The molecule has 1 aliphatic rings. The molecule has 1 atom stereocenters. The number of morpholine rings is 1. The van der Waals surface area contributed by atoms with Crippen LogP contribution in [-0.2, 0) is 17.8 Å². The Morgan fingerprint density at radius 3 is 2.84 bits per heavy atom. The molecule has 0 saturated carbocycles. The average Bonchev–Trinajstić information content (AvgIpc) is 2.78. The third-order valence-electron chi connectivity index (χ3n) is 3.55. The van der Waals surface area contributed by atoms with Crippen molar-refractivity contribution < 1.29 is 4.74 Å². The lowest BCUT2D eigenvalue weighted by Crippen LogP contribution is -2.44. The normalized spacial score (nSPS) is 18.7. The van der Waals surface area contributed by atoms with Gasteiger partial charge in [-0.1, -0.05) is 0 Å². The molecule has 1 saturated heterocycles. The van der Waals surface area contributed by atoms with Crippen LogP contribution in [0.3, 0.4) is 0 Å². The Kier molecular flexibility index (Phi) is 5.36. The van der Waals surface area contributed by atoms with E-state index in [4.69, 9.17) is 4.74 Å². The lowest BCUT2D eigenvalue weighted by atomic mass is 10.2. The molecule has 0 amide bonds. The molecule has 0 spiro atoms. The topological polar surface area (TPSA) is 42.3 Å². The molecule has 0 aliphatic carbocycles. The van der Waals surface area contributed by atoms with E-state index in [0.717, 1.165) is 51.6 Å². The van der Waals surface area contributed by atoms with E-state index < -0.39 is 0 Å². The van der Waals surface area contributed by atoms with E-state index in [1.165, 1.54) is 5.69 Å². The van der Waals surface area contributed by atoms with E-state index in [-0.39, 0.29) is 0 Å². The fourth-order valence-electron chi connectivity index (χ4n) is 2.53. The first-order valence-corrected chi connectivity index (χ1v) is 7.26. The number of rotatable bonds is 6. The van der Waals surface area contributed by atoms with Crippen molar-refractivity contribution in [2.24, 2.45) is 0 Å². The van der Waals surface area contributed by atoms with Crippen LogP contribution >= 0.6 is 0 Å². The minimum atomic E-state index is 0.485. The molecule has 2 heterocycles. The van der Waals surface area contributed by atoms with Gasteiger partial charge in [-0.3, -0.25) is 9.58 Å². The number of aryl methyl sites for hydroxylation is 2. The highest BCUT2D eigenvalue weighted by Gasteiger charge is 2.13. The highest BCUT2D eigenvalue weighted by atomic mass is 16.5. The summed E-state index contributed by atoms with van der Waals surface area (Å²) in [7, 11) is 0. The van der Waals surface area contributed by atoms with Crippen LogP contribution in [0.1, 0.15) is 25.2 Å². The molecule has 19 heavy (non-hydrogen) atoms. The van der Waals surface area contributed by atoms with E-state index in [1.54, 1.807) is 0 Å². The zero-order chi connectivity index (χ0) is 13.7. The van der Waals surface area contributed by atoms with Gasteiger partial charge in [-0.05, 0) is 26.8 Å². The molecule has 1 N–H and O–H groups in total. The van der Waals surface area contributed by atoms with E-state index in [1.807, 2.05) is 6.92 Å². The maximum Gasteiger partial charge on any atom is 0.0597 e. The van der Waals surface area contributed by atoms with Crippen LogP contribution in [-0.4, -0.2) is 53.6 Å². The number of nitrogens with zero attached hydrogens (tertiary/aromatic N) is 3. The highest BCUT2D eigenvalue weighted by molar-refractivity contribution is 5.08. The molecular formula is C14H26N4O. The number of nitrogens with one attached hydrogen (secondary N) is 1. The van der Waals surface area contributed by atoms with Crippen LogP contribution < -0.4 is 5.32 Å². The summed E-state index contributed by atoms with van der Waals surface area (Å²) in [6.45, 7) is 13.2. The summed E-state index contributed by atoms with van der Waals surface area (Å²) in [6.07, 6.45) is 0. The SMILES string of the molecule is CCn1nc(C)cc1CNC(C)CN1CCOCC1. The molecule has 5 nitrogen and oxygen atoms in total. The van der Waals surface area contributed by atoms with Gasteiger partial charge in [-0.25, -0.2) is 0 Å². The van der Waals surface area contributed by atoms with E-state index in [0.29, 0.717) is 6.04 Å². The monoisotopic (exact) mass is 266 g/mol. The first-order valence-electron chi connectivity index (χ1n) is 7.26. The third kappa shape index (κ3) is 4.30. The average molecular weight is 266 g/mol. The van der Waals surface area contributed by atoms with Gasteiger partial charge in [0.05, 0.1) is 24.6 Å². The maximum atomic E-state index is 5.37. The van der Waals surface area contributed by atoms with E-state index in [9.17, 15) is 0 Å². The van der Waals surface area contributed by atoms with Crippen molar-refractivity contribution in [2.45, 2.75) is 39.9 Å². The second kappa shape index (κ2) is 7.03. The van der Waals surface area contributed by atoms with Crippen molar-refractivity contribution in [3.05, 3.63) is 17.5 Å². The predicted octanol–water partition coefficient (Wildman–Crippen LogP) is 1.02. The van der Waals surface area contributed by atoms with Gasteiger partial charge in [0.25, 0.3) is 0 Å². The Morgan fingerprint density at radius 1 is 1.42 bits per heavy atom. The Balaban J connectivity index is 1.77. The van der Waals surface area contributed by atoms with E-state index >= 15 is 0 Å². The lowest BCUT2D eigenvalue weighted by Gasteiger charge is -2.29. The van der Waals surface area contributed by atoms with Gasteiger partial charge in [0.15, 0.2) is 0 Å². The zero-order valence-electron chi connectivity index (χ0n) is 12.4. The van der Waals surface area contributed by atoms with Crippen molar-refractivity contribution in [1.29, 1.82) is 0 Å². The Morgan fingerprint density at radius 2 is 2.16 bits per heavy atom. The third-order valence-corrected chi connectivity index (χ3v) is 3.55. The Hall–Kier alpha value is -0.910. The summed E-state index contributed by atoms with van der Waals surface area (Å²) in [5.74, 6) is 0. The first-order chi connectivity index (χ1) is 9.19. The quantitative estimate of drug-likeness (QED) is 0.835. The molecular weight excluding hydrogens is 240 g/mol. The van der Waals surface area contributed by atoms with E-state index in [2.05, 4.69) is 39.9 Å². The summed E-state index contributed by atoms with van der Waals surface area (Å²) in [6, 6.07) is 2.65. The molecule has 0 bridgehead atoms. The van der Waals surface area contributed by atoms with Gasteiger partial charge in [-0.2, -0.15) is 5.10 Å². The summed E-state index contributed by atoms with van der Waals surface area (Å²) in [5.41, 5.74) is 2.37. The summed E-state index contributed by atoms with van der Waals surface area (Å²) >= 11 is 0. The van der Waals surface area contributed by atoms with Crippen LogP contribution in [0.4, 0.5) is 0 Å². The molecule has 108 valence electrons. The molecule has 1 aromatic rings. The van der Waals surface area contributed by atoms with Crippen molar-refractivity contribution in [1.82, 2.24) is 20.0 Å². The molecule has 1 unspecified atom stereocenters. The van der Waals surface area contributed by atoms with Gasteiger partial charge in [0.1, 0.15) is 0 Å². The van der Waals surface area contributed by atoms with Gasteiger partial charge in [0, 0.05) is 38.8 Å². The zero-order valence-corrected chi connectivity index (χ0v) is 12.4. The fourth-order valence-corrected chi connectivity index (χ4v) is 2.53. The first kappa shape index (κ1) is 14.5. The van der Waals surface area contributed by atoms with Crippen molar-refractivity contribution >= 4 is 0 Å². The fraction of sp³-hybridized carbons (Fsp3) is 0.786. The molecule has 1 aromatic heterocycles. The predicted molar refractivity (Wildman–Crippen MR) is 76.2 cm³/mol. The van der Waals surface area contributed by atoms with Gasteiger partial charge < -0.3 is 10.1 Å². The van der Waals surface area contributed by atoms with Crippen LogP contribution in [0.5, 0.6) is 0 Å². The van der Waals surface area contributed by atoms with Gasteiger partial charge in [-0.15, -0.1) is 0 Å². The number of hydrogen-bond donors (Lipinski definition) is 1. The highest BCUT2D eigenvalue weighted by Crippen LogP contribution is 2.04. The number of hydrogen-bond acceptors (Lipinski definition) is 4. The Bertz CT molecular complexity index is 385. The van der Waals surface area contributed by atoms with Crippen LogP contribution in [0.15, 0.2) is 6.07 Å². The van der Waals surface area contributed by atoms with Crippen LogP contribution in [0.25, 0.3) is 0 Å². The number of aromatic nitrogens is 2. The minimum Gasteiger partial charge on any atom is -0.379 e. The van der Waals surface area contributed by atoms with Gasteiger partial charge in [0.2, 0.25) is 0 Å². The molecule has 1 fully saturated rings. The molecule has 1 aliphatic heterocycles. The molecule has 0 aromatic carbocycles. The molecule has 2 rings (SSSR count). The largest absolute Gasteiger partial charge is 0.379 e. The van der Waals surface area contributed by atoms with Crippen molar-refractivity contribution in [3.63, 3.8) is 0 Å². The number of ether oxygens (including phenoxy) is 1. The standard InChI is InChI=1S/C14H26N4O/c1-4-18-14(9-12(2)16-18)10-15-13(3)11-17-5-7-19-8-6-17/h9,13,15H,4-8,10-11H2,1-3H3. The minimum absolute atomic E-state index is 0.485. The molecule has 0 radical (unpaired) electrons. The van der Waals surface area contributed by atoms with Crippen LogP contribution in [0.2, 0.25) is 0 Å². The summed E-state index contributed by atoms with van der Waals surface area (Å²) in [5, 5.41) is 8.06. The second-order valence-electron chi connectivity index (χ2n) is 5.29. The van der Waals surface area contributed by atoms with Crippen molar-refractivity contribution in [3.8, 4) is 0 Å². The van der Waals surface area contributed by atoms with Crippen molar-refractivity contribution in [2.75, 3.05) is 32.8 Å². The lowest BCUT2D eigenvalue weighted by molar-refractivity contribution is 0.0343. The van der Waals surface area contributed by atoms with Gasteiger partial charge >= 0.3 is 0 Å². The summed E-state index contributed by atoms with van der Waals surface area (Å²) in [4.78, 5) is 2.46. The summed E-state index contributed by atoms with van der Waals surface area (Å²) < 4.78 is 7.44. The molecule has 5 heteroatoms. The maximum absolute atomic E-state index is 5.37. The van der Waals surface area contributed by atoms with Crippen LogP contribution in [0, 0.1) is 6.92 Å². The Labute approximate surface area is 115 Å². The smallest absolute Gasteiger partial charge is 0.0597 e.